The molecule has 1 amide bonds. The predicted molar refractivity (Wildman–Crippen MR) is 36.2 cm³/mol. The van der Waals surface area contributed by atoms with E-state index in [1.165, 1.54) is 7.05 Å². The van der Waals surface area contributed by atoms with Crippen LogP contribution in [0.3, 0.4) is 0 Å². The smallest absolute Gasteiger partial charge is 0.286 e. The van der Waals surface area contributed by atoms with Crippen LogP contribution in [0.4, 0.5) is 0 Å². The van der Waals surface area contributed by atoms with Gasteiger partial charge in [-0.15, -0.1) is 0 Å². The Morgan fingerprint density at radius 3 is 2.67 bits per heavy atom. The number of amidine groups is 1. The van der Waals surface area contributed by atoms with Crippen molar-refractivity contribution in [2.75, 3.05) is 13.6 Å². The lowest BCUT2D eigenvalue weighted by molar-refractivity contribution is -0.114. The first-order valence-electron chi connectivity index (χ1n) is 2.72. The molecule has 0 atom stereocenters. The zero-order valence-electron chi connectivity index (χ0n) is 5.64. The number of rotatable bonds is 1. The highest BCUT2D eigenvalue weighted by molar-refractivity contribution is 6.37. The lowest BCUT2D eigenvalue weighted by Crippen LogP contribution is -2.35. The predicted octanol–water partition coefficient (Wildman–Crippen LogP) is -0.890. The van der Waals surface area contributed by atoms with E-state index in [0.717, 1.165) is 0 Å². The van der Waals surface area contributed by atoms with Gasteiger partial charge in [0.05, 0.1) is 0 Å². The van der Waals surface area contributed by atoms with Gasteiger partial charge >= 0.3 is 0 Å². The highest BCUT2D eigenvalue weighted by atomic mass is 16.2. The second kappa shape index (κ2) is 3.88. The third kappa shape index (κ3) is 2.69. The van der Waals surface area contributed by atoms with Crippen molar-refractivity contribution in [2.24, 2.45) is 10.7 Å². The van der Waals surface area contributed by atoms with Crippen molar-refractivity contribution in [2.45, 2.75) is 6.92 Å². The normalized spacial score (nSPS) is 11.1. The number of nitrogens with zero attached hydrogens (tertiary/aromatic N) is 1. The first-order chi connectivity index (χ1) is 4.22. The van der Waals surface area contributed by atoms with Gasteiger partial charge in [-0.3, -0.25) is 9.79 Å². The molecule has 0 saturated heterocycles. The highest BCUT2D eigenvalue weighted by Gasteiger charge is 2.00. The van der Waals surface area contributed by atoms with Crippen LogP contribution in [0, 0.1) is 0 Å². The summed E-state index contributed by atoms with van der Waals surface area (Å²) >= 11 is 0. The molecule has 3 N–H and O–H groups in total. The first kappa shape index (κ1) is 7.94. The van der Waals surface area contributed by atoms with Crippen LogP contribution in [0.25, 0.3) is 0 Å². The van der Waals surface area contributed by atoms with Gasteiger partial charge in [-0.1, -0.05) is 0 Å². The molecule has 0 aromatic carbocycles. The topological polar surface area (TPSA) is 67.5 Å². The maximum Gasteiger partial charge on any atom is 0.286 e. The molecule has 0 aromatic heterocycles. The Balaban J connectivity index is 3.74. The average Bonchev–Trinajstić information content (AvgIpc) is 1.87. The van der Waals surface area contributed by atoms with E-state index in [9.17, 15) is 4.79 Å². The molecule has 0 spiro atoms. The van der Waals surface area contributed by atoms with E-state index >= 15 is 0 Å². The van der Waals surface area contributed by atoms with Crippen molar-refractivity contribution >= 4 is 11.7 Å². The Labute approximate surface area is 54.1 Å². The number of amides is 1. The van der Waals surface area contributed by atoms with Crippen molar-refractivity contribution in [3.05, 3.63) is 0 Å². The SMILES string of the molecule is CCNC(=O)C(N)=NC. The number of carbonyl (C=O) groups is 1. The average molecular weight is 129 g/mol. The van der Waals surface area contributed by atoms with Gasteiger partial charge < -0.3 is 11.1 Å². The van der Waals surface area contributed by atoms with Crippen LogP contribution < -0.4 is 11.1 Å². The van der Waals surface area contributed by atoms with Gasteiger partial charge in [-0.2, -0.15) is 0 Å². The lowest BCUT2D eigenvalue weighted by atomic mass is 10.5. The molecule has 0 heterocycles. The molecule has 9 heavy (non-hydrogen) atoms. The zero-order valence-corrected chi connectivity index (χ0v) is 5.64. The molecular weight excluding hydrogens is 118 g/mol. The minimum absolute atomic E-state index is 0.0249. The standard InChI is InChI=1S/C5H11N3O/c1-3-8-5(9)4(6)7-2/h3H2,1-2H3,(H2,6,7)(H,8,9). The van der Waals surface area contributed by atoms with Gasteiger partial charge in [0, 0.05) is 13.6 Å². The number of aliphatic imine (C=N–C) groups is 1. The summed E-state index contributed by atoms with van der Waals surface area (Å²) < 4.78 is 0. The van der Waals surface area contributed by atoms with E-state index in [1.54, 1.807) is 0 Å². The monoisotopic (exact) mass is 129 g/mol. The number of nitrogens with two attached hydrogens (primary N) is 1. The largest absolute Gasteiger partial charge is 0.379 e. The molecule has 0 unspecified atom stereocenters. The Bertz CT molecular complexity index is 130. The third-order valence-corrected chi connectivity index (χ3v) is 0.811. The van der Waals surface area contributed by atoms with Crippen molar-refractivity contribution in [1.29, 1.82) is 0 Å². The molecule has 0 aromatic rings. The van der Waals surface area contributed by atoms with E-state index in [0.29, 0.717) is 6.54 Å². The van der Waals surface area contributed by atoms with Gasteiger partial charge in [-0.25, -0.2) is 0 Å². The van der Waals surface area contributed by atoms with Crippen LogP contribution in [0.5, 0.6) is 0 Å². The van der Waals surface area contributed by atoms with E-state index in [1.807, 2.05) is 6.92 Å². The third-order valence-electron chi connectivity index (χ3n) is 0.811. The van der Waals surface area contributed by atoms with Crippen LogP contribution in [0.1, 0.15) is 6.92 Å². The number of nitrogens with one attached hydrogen (secondary N) is 1. The van der Waals surface area contributed by atoms with Crippen molar-refractivity contribution < 1.29 is 4.79 Å². The van der Waals surface area contributed by atoms with E-state index < -0.39 is 0 Å². The van der Waals surface area contributed by atoms with Crippen molar-refractivity contribution in [1.82, 2.24) is 5.32 Å². The van der Waals surface area contributed by atoms with Gasteiger partial charge in [0.25, 0.3) is 5.91 Å². The number of carbonyl (C=O) groups excluding carboxylic acids is 1. The Morgan fingerprint density at radius 2 is 2.33 bits per heavy atom. The summed E-state index contributed by atoms with van der Waals surface area (Å²) in [7, 11) is 1.48. The summed E-state index contributed by atoms with van der Waals surface area (Å²) in [4.78, 5) is 14.1. The molecule has 0 saturated carbocycles. The summed E-state index contributed by atoms with van der Waals surface area (Å²) in [6.07, 6.45) is 0. The fourth-order valence-corrected chi connectivity index (χ4v) is 0.353. The maximum atomic E-state index is 10.6. The summed E-state index contributed by atoms with van der Waals surface area (Å²) in [6, 6.07) is 0. The molecule has 4 nitrogen and oxygen atoms in total. The van der Waals surface area contributed by atoms with E-state index in [2.05, 4.69) is 10.3 Å². The Hall–Kier alpha value is -1.06. The van der Waals surface area contributed by atoms with Gasteiger partial charge in [-0.05, 0) is 6.92 Å². The number of hydrogen-bond donors (Lipinski definition) is 2. The summed E-state index contributed by atoms with van der Waals surface area (Å²) in [5, 5.41) is 2.50. The van der Waals surface area contributed by atoms with E-state index in [-0.39, 0.29) is 11.7 Å². The van der Waals surface area contributed by atoms with Gasteiger partial charge in [0.15, 0.2) is 5.84 Å². The summed E-state index contributed by atoms with van der Waals surface area (Å²) in [6.45, 7) is 2.40. The molecule has 0 aliphatic heterocycles. The second-order valence-electron chi connectivity index (χ2n) is 1.47. The number of hydrogen-bond acceptors (Lipinski definition) is 2. The van der Waals surface area contributed by atoms with Crippen LogP contribution in [-0.4, -0.2) is 25.3 Å². The fourth-order valence-electron chi connectivity index (χ4n) is 0.353. The molecule has 0 fully saturated rings. The summed E-state index contributed by atoms with van der Waals surface area (Å²) in [5.41, 5.74) is 5.14. The Kier molecular flexibility index (Phi) is 3.43. The lowest BCUT2D eigenvalue weighted by Gasteiger charge is -1.97. The van der Waals surface area contributed by atoms with Crippen LogP contribution in [0.2, 0.25) is 0 Å². The second-order valence-corrected chi connectivity index (χ2v) is 1.47. The van der Waals surface area contributed by atoms with Crippen molar-refractivity contribution in [3.63, 3.8) is 0 Å². The van der Waals surface area contributed by atoms with Gasteiger partial charge in [0.2, 0.25) is 0 Å². The zero-order chi connectivity index (χ0) is 7.28. The molecule has 0 bridgehead atoms. The quantitative estimate of drug-likeness (QED) is 0.356. The minimum atomic E-state index is -0.306. The molecule has 0 aliphatic rings. The molecule has 4 heteroatoms. The summed E-state index contributed by atoms with van der Waals surface area (Å²) in [5.74, 6) is -0.281. The van der Waals surface area contributed by atoms with Crippen molar-refractivity contribution in [3.8, 4) is 0 Å². The fraction of sp³-hybridized carbons (Fsp3) is 0.600. The Morgan fingerprint density at radius 1 is 1.78 bits per heavy atom. The molecular formula is C5H11N3O. The van der Waals surface area contributed by atoms with E-state index in [4.69, 9.17) is 5.73 Å². The maximum absolute atomic E-state index is 10.6. The minimum Gasteiger partial charge on any atom is -0.379 e. The van der Waals surface area contributed by atoms with Crippen LogP contribution in [-0.2, 0) is 4.79 Å². The molecule has 0 rings (SSSR count). The molecule has 0 aliphatic carbocycles. The van der Waals surface area contributed by atoms with Gasteiger partial charge in [0.1, 0.15) is 0 Å². The molecule has 52 valence electrons. The molecule has 0 radical (unpaired) electrons. The number of likely N-dealkylation sites (N-methyl/N-ethyl adjacent to an activating group) is 1. The van der Waals surface area contributed by atoms with Crippen LogP contribution >= 0.6 is 0 Å². The van der Waals surface area contributed by atoms with Crippen LogP contribution in [0.15, 0.2) is 4.99 Å². The highest BCUT2D eigenvalue weighted by Crippen LogP contribution is 1.65. The first-order valence-corrected chi connectivity index (χ1v) is 2.72.